The van der Waals surface area contributed by atoms with Crippen molar-refractivity contribution in [1.29, 1.82) is 0 Å². The van der Waals surface area contributed by atoms with E-state index in [0.29, 0.717) is 46.2 Å². The second-order valence-corrected chi connectivity index (χ2v) is 10.1. The molecule has 0 spiro atoms. The Morgan fingerprint density at radius 1 is 1.15 bits per heavy atom. The van der Waals surface area contributed by atoms with E-state index in [-0.39, 0.29) is 5.75 Å². The average Bonchev–Trinajstić information content (AvgIpc) is 3.12. The van der Waals surface area contributed by atoms with Crippen LogP contribution < -0.4 is 15.2 Å². The number of H-pyrrole nitrogens is 1. The number of rotatable bonds is 8. The maximum atomic E-state index is 13.1. The van der Waals surface area contributed by atoms with Gasteiger partial charge in [0.2, 0.25) is 0 Å². The predicted molar refractivity (Wildman–Crippen MR) is 128 cm³/mol. The van der Waals surface area contributed by atoms with Gasteiger partial charge in [0.15, 0.2) is 23.0 Å². The lowest BCUT2D eigenvalue weighted by Gasteiger charge is -2.20. The molecule has 4 rings (SSSR count). The summed E-state index contributed by atoms with van der Waals surface area (Å²) in [6.45, 7) is 4.09. The Balaban J connectivity index is 1.88. The van der Waals surface area contributed by atoms with E-state index in [1.54, 1.807) is 42.7 Å². The minimum atomic E-state index is -3.47. The number of ether oxygens (including phenoxy) is 2. The van der Waals surface area contributed by atoms with Gasteiger partial charge in [0.05, 0.1) is 31.0 Å². The first-order valence-electron chi connectivity index (χ1n) is 10.6. The van der Waals surface area contributed by atoms with Crippen molar-refractivity contribution in [2.75, 3.05) is 25.7 Å². The summed E-state index contributed by atoms with van der Waals surface area (Å²) in [5.41, 5.74) is 2.30. The molecular formula is C23H25N5O5S. The van der Waals surface area contributed by atoms with Crippen molar-refractivity contribution >= 4 is 21.0 Å². The minimum absolute atomic E-state index is 0.303. The van der Waals surface area contributed by atoms with Crippen molar-refractivity contribution in [2.45, 2.75) is 19.9 Å². The number of aromatic amines is 1. The van der Waals surface area contributed by atoms with Crippen LogP contribution in [0.4, 0.5) is 0 Å². The fraction of sp³-hybridized carbons (Fsp3) is 0.304. The zero-order chi connectivity index (χ0) is 24.5. The van der Waals surface area contributed by atoms with Crippen LogP contribution >= 0.6 is 0 Å². The van der Waals surface area contributed by atoms with Gasteiger partial charge in [-0.05, 0) is 43.7 Å². The molecule has 4 aromatic rings. The molecule has 1 atom stereocenters. The topological polar surface area (TPSA) is 129 Å². The third kappa shape index (κ3) is 4.79. The molecule has 0 saturated heterocycles. The number of nitrogens with zero attached hydrogens (tertiary/aromatic N) is 4. The summed E-state index contributed by atoms with van der Waals surface area (Å²) in [5, 5.41) is 0. The van der Waals surface area contributed by atoms with Crippen LogP contribution in [0.3, 0.4) is 0 Å². The van der Waals surface area contributed by atoms with Crippen LogP contribution in [-0.2, 0) is 9.84 Å². The Morgan fingerprint density at radius 3 is 2.62 bits per heavy atom. The van der Waals surface area contributed by atoms with Gasteiger partial charge < -0.3 is 14.5 Å². The molecule has 34 heavy (non-hydrogen) atoms. The normalized spacial score (nSPS) is 12.6. The molecule has 0 fully saturated rings. The van der Waals surface area contributed by atoms with Gasteiger partial charge in [-0.1, -0.05) is 6.07 Å². The summed E-state index contributed by atoms with van der Waals surface area (Å²) < 4.78 is 37.0. The summed E-state index contributed by atoms with van der Waals surface area (Å²) in [5.74, 6) is 1.14. The highest BCUT2D eigenvalue weighted by Gasteiger charge is 2.26. The van der Waals surface area contributed by atoms with Crippen LogP contribution in [0.1, 0.15) is 24.2 Å². The number of methoxy groups -OCH3 is 1. The third-order valence-corrected chi connectivity index (χ3v) is 6.17. The minimum Gasteiger partial charge on any atom is -0.493 e. The lowest BCUT2D eigenvalue weighted by Crippen LogP contribution is -2.28. The summed E-state index contributed by atoms with van der Waals surface area (Å²) in [6.07, 6.45) is 4.35. The molecule has 1 aromatic carbocycles. The van der Waals surface area contributed by atoms with Crippen molar-refractivity contribution in [1.82, 2.24) is 24.5 Å². The highest BCUT2D eigenvalue weighted by Crippen LogP contribution is 2.33. The Labute approximate surface area is 196 Å². The zero-order valence-electron chi connectivity index (χ0n) is 19.3. The predicted octanol–water partition coefficient (Wildman–Crippen LogP) is 2.53. The highest BCUT2D eigenvalue weighted by molar-refractivity contribution is 7.90. The first-order valence-corrected chi connectivity index (χ1v) is 12.6. The largest absolute Gasteiger partial charge is 0.493 e. The van der Waals surface area contributed by atoms with Gasteiger partial charge in [-0.2, -0.15) is 0 Å². The molecule has 0 aliphatic carbocycles. The number of imidazole rings is 1. The molecule has 11 heteroatoms. The molecule has 3 heterocycles. The van der Waals surface area contributed by atoms with Crippen molar-refractivity contribution in [3.05, 3.63) is 64.5 Å². The van der Waals surface area contributed by atoms with Gasteiger partial charge in [-0.25, -0.2) is 28.2 Å². The number of benzene rings is 1. The van der Waals surface area contributed by atoms with Gasteiger partial charge in [-0.15, -0.1) is 0 Å². The van der Waals surface area contributed by atoms with Crippen LogP contribution in [0, 0.1) is 6.92 Å². The lowest BCUT2D eigenvalue weighted by atomic mass is 10.1. The maximum Gasteiger partial charge on any atom is 0.328 e. The van der Waals surface area contributed by atoms with Crippen molar-refractivity contribution in [2.24, 2.45) is 0 Å². The number of nitrogens with one attached hydrogen (secondary N) is 1. The molecule has 0 bridgehead atoms. The smallest absolute Gasteiger partial charge is 0.328 e. The monoisotopic (exact) mass is 483 g/mol. The molecule has 3 aromatic heterocycles. The highest BCUT2D eigenvalue weighted by atomic mass is 32.2. The molecule has 0 amide bonds. The molecular weight excluding hydrogens is 458 g/mol. The molecule has 0 radical (unpaired) electrons. The Hall–Kier alpha value is -3.73. The van der Waals surface area contributed by atoms with Crippen molar-refractivity contribution < 1.29 is 17.9 Å². The quantitative estimate of drug-likeness (QED) is 0.405. The summed E-state index contributed by atoms with van der Waals surface area (Å²) in [6, 6.07) is 7.78. The van der Waals surface area contributed by atoms with E-state index < -0.39 is 21.6 Å². The summed E-state index contributed by atoms with van der Waals surface area (Å²) in [4.78, 5) is 29.0. The van der Waals surface area contributed by atoms with E-state index >= 15 is 0 Å². The first-order chi connectivity index (χ1) is 16.2. The summed E-state index contributed by atoms with van der Waals surface area (Å²) in [7, 11) is -1.95. The third-order valence-electron chi connectivity index (χ3n) is 5.25. The summed E-state index contributed by atoms with van der Waals surface area (Å²) >= 11 is 0. The number of sulfone groups is 1. The number of pyridine rings is 1. The van der Waals surface area contributed by atoms with Gasteiger partial charge in [0, 0.05) is 29.9 Å². The standard InChI is InChI=1S/C23H25N5O5S/c1-5-33-20-11-15(6-7-19(20)32-3)18(13-34(4,30)31)28-22-17(27-23(28)29)10-16(12-25-22)21-24-9-8-14(2)26-21/h6-12,18H,5,13H2,1-4H3,(H,27,29)/t18-/m0/s1. The van der Waals surface area contributed by atoms with Gasteiger partial charge in [0.25, 0.3) is 0 Å². The Kier molecular flexibility index (Phi) is 6.38. The molecule has 178 valence electrons. The van der Waals surface area contributed by atoms with E-state index in [0.717, 1.165) is 11.9 Å². The van der Waals surface area contributed by atoms with Gasteiger partial charge in [-0.3, -0.25) is 4.57 Å². The molecule has 0 unspecified atom stereocenters. The van der Waals surface area contributed by atoms with Crippen LogP contribution in [0.15, 0.2) is 47.5 Å². The van der Waals surface area contributed by atoms with E-state index in [4.69, 9.17) is 9.47 Å². The molecule has 1 N–H and O–H groups in total. The van der Waals surface area contributed by atoms with Crippen LogP contribution in [0.5, 0.6) is 11.5 Å². The van der Waals surface area contributed by atoms with Crippen LogP contribution in [-0.4, -0.2) is 58.6 Å². The lowest BCUT2D eigenvalue weighted by molar-refractivity contribution is 0.310. The fourth-order valence-electron chi connectivity index (χ4n) is 3.79. The Bertz CT molecular complexity index is 1510. The number of fused-ring (bicyclic) bond motifs is 1. The fourth-order valence-corrected chi connectivity index (χ4v) is 4.70. The molecule has 0 saturated carbocycles. The Morgan fingerprint density at radius 2 is 1.94 bits per heavy atom. The maximum absolute atomic E-state index is 13.1. The molecule has 10 nitrogen and oxygen atoms in total. The van der Waals surface area contributed by atoms with Crippen molar-refractivity contribution in [3.8, 4) is 22.9 Å². The zero-order valence-corrected chi connectivity index (χ0v) is 20.1. The van der Waals surface area contributed by atoms with Crippen LogP contribution in [0.2, 0.25) is 0 Å². The van der Waals surface area contributed by atoms with Gasteiger partial charge >= 0.3 is 5.69 Å². The molecule has 0 aliphatic rings. The molecule has 0 aliphatic heterocycles. The van der Waals surface area contributed by atoms with E-state index in [1.807, 2.05) is 13.8 Å². The number of aryl methyl sites for hydroxylation is 1. The second-order valence-electron chi connectivity index (χ2n) is 7.87. The van der Waals surface area contributed by atoms with E-state index in [2.05, 4.69) is 19.9 Å². The second kappa shape index (κ2) is 9.26. The average molecular weight is 484 g/mol. The number of hydrogen-bond donors (Lipinski definition) is 1. The van der Waals surface area contributed by atoms with Crippen LogP contribution in [0.25, 0.3) is 22.6 Å². The number of aromatic nitrogens is 5. The van der Waals surface area contributed by atoms with Crippen molar-refractivity contribution in [3.63, 3.8) is 0 Å². The van der Waals surface area contributed by atoms with E-state index in [9.17, 15) is 13.2 Å². The first kappa shape index (κ1) is 23.4. The van der Waals surface area contributed by atoms with Gasteiger partial charge in [0.1, 0.15) is 9.84 Å². The SMILES string of the molecule is CCOc1cc([C@H](CS(C)(=O)=O)n2c(=O)[nH]c3cc(-c4nccc(C)n4)cnc32)ccc1OC. The number of hydrogen-bond acceptors (Lipinski definition) is 8. The van der Waals surface area contributed by atoms with E-state index in [1.165, 1.54) is 11.7 Å².